The van der Waals surface area contributed by atoms with Gasteiger partial charge in [0.2, 0.25) is 5.91 Å². The van der Waals surface area contributed by atoms with Crippen molar-refractivity contribution in [2.75, 3.05) is 71.7 Å². The molecule has 3 heterocycles. The SMILES string of the molecule is CCCCOc1nc(NC(=O)CCOCCOCCOC)c2[nH]c(=O)n(Cc3ccc(CN4CCC(CCN)CC4)cc3)c2n1. The number of aromatic amines is 1. The molecule has 1 fully saturated rings. The summed E-state index contributed by atoms with van der Waals surface area (Å²) in [6.45, 7) is 8.67. The fourth-order valence-corrected chi connectivity index (χ4v) is 5.30. The summed E-state index contributed by atoms with van der Waals surface area (Å²) in [5.74, 6) is 0.637. The zero-order valence-corrected chi connectivity index (χ0v) is 26.7. The molecule has 0 aliphatic carbocycles. The Morgan fingerprint density at radius 3 is 2.38 bits per heavy atom. The number of rotatable bonds is 20. The summed E-state index contributed by atoms with van der Waals surface area (Å²) < 4.78 is 23.1. The van der Waals surface area contributed by atoms with Crippen LogP contribution in [0.25, 0.3) is 11.2 Å². The van der Waals surface area contributed by atoms with Gasteiger partial charge < -0.3 is 35.0 Å². The van der Waals surface area contributed by atoms with E-state index in [1.807, 2.05) is 12.1 Å². The first-order valence-electron chi connectivity index (χ1n) is 16.1. The maximum absolute atomic E-state index is 13.1. The number of nitrogens with two attached hydrogens (primary N) is 1. The molecule has 1 saturated heterocycles. The highest BCUT2D eigenvalue weighted by atomic mass is 16.5. The summed E-state index contributed by atoms with van der Waals surface area (Å²) in [5.41, 5.74) is 8.31. The molecule has 13 nitrogen and oxygen atoms in total. The van der Waals surface area contributed by atoms with Gasteiger partial charge in [-0.1, -0.05) is 37.6 Å². The molecule has 1 aliphatic heterocycles. The third kappa shape index (κ3) is 10.9. The van der Waals surface area contributed by atoms with Crippen LogP contribution in [-0.4, -0.2) is 96.7 Å². The number of carbonyl (C=O) groups is 1. The second-order valence-corrected chi connectivity index (χ2v) is 11.4. The average Bonchev–Trinajstić information content (AvgIpc) is 3.35. The van der Waals surface area contributed by atoms with Gasteiger partial charge in [-0.25, -0.2) is 4.79 Å². The number of piperidine rings is 1. The predicted molar refractivity (Wildman–Crippen MR) is 173 cm³/mol. The first-order valence-corrected chi connectivity index (χ1v) is 16.1. The number of H-pyrrole nitrogens is 1. The standard InChI is InChI=1S/C32H49N7O6/c1-3-4-16-45-31-36-29(34-27(40)12-17-43-20-21-44-19-18-42-2)28-30(37-31)39(32(41)35-28)23-26-7-5-25(6-8-26)22-38-14-10-24(9-13-33)11-15-38/h5-8,24H,3-4,9-23,33H2,1-2H3,(H,35,41)(H,34,36,37,40). The van der Waals surface area contributed by atoms with E-state index in [0.717, 1.165) is 56.9 Å². The van der Waals surface area contributed by atoms with Gasteiger partial charge in [-0.05, 0) is 62.4 Å². The van der Waals surface area contributed by atoms with Crippen LogP contribution in [0.4, 0.5) is 5.82 Å². The number of benzene rings is 1. The number of hydrogen-bond donors (Lipinski definition) is 3. The fourth-order valence-electron chi connectivity index (χ4n) is 5.30. The number of anilines is 1. The van der Waals surface area contributed by atoms with Gasteiger partial charge in [-0.3, -0.25) is 14.3 Å². The van der Waals surface area contributed by atoms with E-state index < -0.39 is 0 Å². The number of nitrogens with one attached hydrogen (secondary N) is 2. The second kappa shape index (κ2) is 18.6. The highest BCUT2D eigenvalue weighted by Crippen LogP contribution is 2.23. The molecule has 1 aromatic carbocycles. The van der Waals surface area contributed by atoms with E-state index in [4.69, 9.17) is 24.7 Å². The molecule has 0 bridgehead atoms. The number of nitrogens with zero attached hydrogens (tertiary/aromatic N) is 4. The number of methoxy groups -OCH3 is 1. The lowest BCUT2D eigenvalue weighted by atomic mass is 9.93. The van der Waals surface area contributed by atoms with Crippen molar-refractivity contribution in [2.45, 2.75) is 58.5 Å². The maximum atomic E-state index is 13.1. The molecule has 0 saturated carbocycles. The number of aromatic nitrogens is 4. The van der Waals surface area contributed by atoms with Crippen LogP contribution in [0.1, 0.15) is 56.6 Å². The molecular weight excluding hydrogens is 578 g/mol. The summed E-state index contributed by atoms with van der Waals surface area (Å²) >= 11 is 0. The topological polar surface area (TPSA) is 159 Å². The van der Waals surface area contributed by atoms with Gasteiger partial charge in [0.1, 0.15) is 5.52 Å². The summed E-state index contributed by atoms with van der Waals surface area (Å²) in [5, 5.41) is 2.80. The number of carbonyl (C=O) groups excluding carboxylic acids is 1. The lowest BCUT2D eigenvalue weighted by Crippen LogP contribution is -2.33. The number of amides is 1. The molecule has 4 N–H and O–H groups in total. The van der Waals surface area contributed by atoms with Gasteiger partial charge in [0.25, 0.3) is 0 Å². The fraction of sp³-hybridized carbons (Fsp3) is 0.625. The molecule has 0 spiro atoms. The van der Waals surface area contributed by atoms with Crippen LogP contribution in [0.5, 0.6) is 6.01 Å². The van der Waals surface area contributed by atoms with Crippen molar-refractivity contribution in [2.24, 2.45) is 11.7 Å². The largest absolute Gasteiger partial charge is 0.463 e. The van der Waals surface area contributed by atoms with Crippen molar-refractivity contribution in [3.05, 3.63) is 45.9 Å². The van der Waals surface area contributed by atoms with E-state index in [2.05, 4.69) is 44.2 Å². The third-order valence-electron chi connectivity index (χ3n) is 7.92. The molecule has 0 atom stereocenters. The lowest BCUT2D eigenvalue weighted by molar-refractivity contribution is -0.117. The molecular formula is C32H49N7O6. The van der Waals surface area contributed by atoms with Gasteiger partial charge >= 0.3 is 11.7 Å². The van der Waals surface area contributed by atoms with Crippen LogP contribution >= 0.6 is 0 Å². The summed E-state index contributed by atoms with van der Waals surface area (Å²) in [6, 6.07) is 8.44. The van der Waals surface area contributed by atoms with E-state index in [-0.39, 0.29) is 36.5 Å². The number of likely N-dealkylation sites (tertiary alicyclic amines) is 1. The van der Waals surface area contributed by atoms with E-state index in [0.29, 0.717) is 50.7 Å². The van der Waals surface area contributed by atoms with Crippen molar-refractivity contribution < 1.29 is 23.7 Å². The van der Waals surface area contributed by atoms with Gasteiger partial charge in [0, 0.05) is 13.7 Å². The van der Waals surface area contributed by atoms with Gasteiger partial charge in [-0.2, -0.15) is 9.97 Å². The quantitative estimate of drug-likeness (QED) is 0.159. The molecule has 0 radical (unpaired) electrons. The molecule has 1 aliphatic rings. The molecule has 13 heteroatoms. The monoisotopic (exact) mass is 627 g/mol. The predicted octanol–water partition coefficient (Wildman–Crippen LogP) is 2.92. The highest BCUT2D eigenvalue weighted by molar-refractivity contribution is 5.97. The zero-order chi connectivity index (χ0) is 31.9. The number of ether oxygens (including phenoxy) is 4. The van der Waals surface area contributed by atoms with Crippen LogP contribution in [0, 0.1) is 5.92 Å². The van der Waals surface area contributed by atoms with E-state index in [9.17, 15) is 9.59 Å². The molecule has 4 rings (SSSR count). The lowest BCUT2D eigenvalue weighted by Gasteiger charge is -2.31. The van der Waals surface area contributed by atoms with Crippen molar-refractivity contribution in [3.63, 3.8) is 0 Å². The molecule has 1 amide bonds. The number of fused-ring (bicyclic) bond motifs is 1. The molecule has 0 unspecified atom stereocenters. The Balaban J connectivity index is 1.40. The summed E-state index contributed by atoms with van der Waals surface area (Å²) in [7, 11) is 1.61. The second-order valence-electron chi connectivity index (χ2n) is 11.4. The Bertz CT molecular complexity index is 1370. The number of hydrogen-bond acceptors (Lipinski definition) is 10. The third-order valence-corrected chi connectivity index (χ3v) is 7.92. The van der Waals surface area contributed by atoms with Crippen molar-refractivity contribution in [1.82, 2.24) is 24.4 Å². The van der Waals surface area contributed by atoms with Crippen molar-refractivity contribution in [1.29, 1.82) is 0 Å². The van der Waals surface area contributed by atoms with Crippen molar-refractivity contribution in [3.8, 4) is 6.01 Å². The smallest absolute Gasteiger partial charge is 0.328 e. The van der Waals surface area contributed by atoms with Gasteiger partial charge in [-0.15, -0.1) is 0 Å². The van der Waals surface area contributed by atoms with Crippen LogP contribution in [-0.2, 0) is 32.1 Å². The molecule has 248 valence electrons. The average molecular weight is 628 g/mol. The Labute approximate surface area is 264 Å². The van der Waals surface area contributed by atoms with E-state index in [1.165, 1.54) is 18.4 Å². The number of imidazole rings is 1. The maximum Gasteiger partial charge on any atom is 0.328 e. The molecule has 45 heavy (non-hydrogen) atoms. The minimum atomic E-state index is -0.346. The Morgan fingerprint density at radius 1 is 1.00 bits per heavy atom. The molecule has 3 aromatic rings. The van der Waals surface area contributed by atoms with Crippen LogP contribution < -0.4 is 21.5 Å². The normalized spacial score (nSPS) is 14.3. The highest BCUT2D eigenvalue weighted by Gasteiger charge is 2.20. The minimum Gasteiger partial charge on any atom is -0.463 e. The zero-order valence-electron chi connectivity index (χ0n) is 26.7. The van der Waals surface area contributed by atoms with Crippen LogP contribution in [0.3, 0.4) is 0 Å². The van der Waals surface area contributed by atoms with Gasteiger partial charge in [0.15, 0.2) is 11.5 Å². The Morgan fingerprint density at radius 2 is 1.69 bits per heavy atom. The Kier molecular flexibility index (Phi) is 14.2. The first-order chi connectivity index (χ1) is 22.0. The van der Waals surface area contributed by atoms with Crippen LogP contribution in [0.15, 0.2) is 29.1 Å². The van der Waals surface area contributed by atoms with E-state index >= 15 is 0 Å². The Hall–Kier alpha value is -3.36. The molecule has 2 aromatic heterocycles. The number of unbranched alkanes of at least 4 members (excludes halogenated alkanes) is 1. The summed E-state index contributed by atoms with van der Waals surface area (Å²) in [4.78, 5) is 40.2. The first kappa shape index (κ1) is 34.5. The van der Waals surface area contributed by atoms with Gasteiger partial charge in [0.05, 0.1) is 52.6 Å². The van der Waals surface area contributed by atoms with Crippen molar-refractivity contribution >= 4 is 22.9 Å². The van der Waals surface area contributed by atoms with E-state index in [1.54, 1.807) is 11.7 Å². The van der Waals surface area contributed by atoms with Crippen LogP contribution in [0.2, 0.25) is 0 Å². The summed E-state index contributed by atoms with van der Waals surface area (Å²) in [6.07, 6.45) is 5.40. The minimum absolute atomic E-state index is 0.106.